The summed E-state index contributed by atoms with van der Waals surface area (Å²) >= 11 is 0. The third kappa shape index (κ3) is 6.29. The van der Waals surface area contributed by atoms with E-state index in [-0.39, 0.29) is 28.6 Å². The Hall–Kier alpha value is -0.504. The van der Waals surface area contributed by atoms with E-state index in [1.54, 1.807) is 6.92 Å². The zero-order chi connectivity index (χ0) is 19.3. The molecule has 1 aromatic carbocycles. The molecule has 0 saturated heterocycles. The minimum Gasteiger partial charge on any atom is -0.346 e. The van der Waals surface area contributed by atoms with E-state index < -0.39 is 7.05 Å². The Bertz CT molecular complexity index is 713. The van der Waals surface area contributed by atoms with Gasteiger partial charge in [0.25, 0.3) is 0 Å². The molecule has 0 aliphatic rings. The molecule has 4 heteroatoms. The number of pyridine rings is 1. The van der Waals surface area contributed by atoms with E-state index in [1.165, 1.54) is 10.9 Å². The molecule has 0 aliphatic carbocycles. The second-order valence-corrected chi connectivity index (χ2v) is 11.9. The number of benzene rings is 1. The zero-order valence-electron chi connectivity index (χ0n) is 18.0. The molecule has 0 N–H and O–H groups in total. The van der Waals surface area contributed by atoms with Gasteiger partial charge in [-0.3, -0.25) is 0 Å². The fourth-order valence-electron chi connectivity index (χ4n) is 3.13. The molecule has 0 bridgehead atoms. The number of rotatable bonds is 4. The van der Waals surface area contributed by atoms with Gasteiger partial charge < -0.3 is 16.7 Å². The molecule has 0 saturated carbocycles. The fourth-order valence-corrected chi connectivity index (χ4v) is 7.13. The van der Waals surface area contributed by atoms with Crippen molar-refractivity contribution >= 4 is 41.0 Å². The maximum absolute atomic E-state index is 5.37. The molecule has 2 nitrogen and oxygen atoms in total. The van der Waals surface area contributed by atoms with E-state index in [4.69, 9.17) is 4.74 Å². The molecule has 0 fully saturated rings. The summed E-state index contributed by atoms with van der Waals surface area (Å²) in [5, 5.41) is 1.20. The number of aromatic nitrogens is 1. The minimum absolute atomic E-state index is 0. The molecule has 0 radical (unpaired) electrons. The topological polar surface area (TPSA) is 25.2 Å². The number of hydrogen-bond donors (Lipinski definition) is 0. The van der Waals surface area contributed by atoms with Crippen molar-refractivity contribution in [2.75, 3.05) is 0 Å². The van der Waals surface area contributed by atoms with Crippen LogP contribution in [0.2, 0.25) is 0 Å². The Kier molecular flexibility index (Phi) is 10.5. The molecule has 0 spiro atoms. The quantitative estimate of drug-likeness (QED) is 0.317. The van der Waals surface area contributed by atoms with Crippen LogP contribution in [-0.4, -0.2) is 44.9 Å². The molecule has 26 heavy (non-hydrogen) atoms. The van der Waals surface area contributed by atoms with Gasteiger partial charge in [-0.25, -0.2) is 0 Å². The van der Waals surface area contributed by atoms with E-state index in [2.05, 4.69) is 90.8 Å². The van der Waals surface area contributed by atoms with Crippen molar-refractivity contribution in [3.63, 3.8) is 0 Å². The summed E-state index contributed by atoms with van der Waals surface area (Å²) in [6, 6.07) is 10.6. The van der Waals surface area contributed by atoms with Gasteiger partial charge in [0.05, 0.1) is 5.54 Å². The summed E-state index contributed by atoms with van der Waals surface area (Å²) in [6.07, 6.45) is 4.34. The Morgan fingerprint density at radius 2 is 1.54 bits per heavy atom. The third-order valence-corrected chi connectivity index (χ3v) is 9.08. The average molecular weight is 383 g/mol. The maximum atomic E-state index is 5.37. The molecule has 2 rings (SSSR count). The average Bonchev–Trinajstić information content (AvgIpc) is 2.54. The van der Waals surface area contributed by atoms with Gasteiger partial charge in [0.1, 0.15) is 0 Å². The Labute approximate surface area is 177 Å². The van der Waals surface area contributed by atoms with E-state index >= 15 is 0 Å². The van der Waals surface area contributed by atoms with Crippen LogP contribution in [0.4, 0.5) is 0 Å². The minimum atomic E-state index is -1.63. The van der Waals surface area contributed by atoms with Crippen molar-refractivity contribution in [3.8, 4) is 0 Å². The van der Waals surface area contributed by atoms with Crippen LogP contribution in [-0.2, 0) is 0 Å². The smallest absolute Gasteiger partial charge is 0.346 e. The second-order valence-electron chi connectivity index (χ2n) is 7.80. The van der Waals surface area contributed by atoms with Crippen LogP contribution in [0.1, 0.15) is 61.0 Å². The molecule has 0 aliphatic heterocycles. The molecule has 1 heterocycles. The van der Waals surface area contributed by atoms with E-state index in [0.29, 0.717) is 11.3 Å². The molecular weight excluding hydrogens is 348 g/mol. The largest absolute Gasteiger partial charge is 2.00 e. The molecule has 140 valence electrons. The molecule has 0 unspecified atom stereocenters. The zero-order valence-corrected chi connectivity index (χ0v) is 20.3. The van der Waals surface area contributed by atoms with Gasteiger partial charge in [-0.05, 0) is 50.7 Å². The van der Waals surface area contributed by atoms with Crippen LogP contribution in [0.15, 0.2) is 41.3 Å². The number of hydrogen-bond acceptors (Lipinski definition) is 2. The number of nitrogens with zero attached hydrogens (tertiary/aromatic N) is 2. The Morgan fingerprint density at radius 3 is 2.04 bits per heavy atom. The van der Waals surface area contributed by atoms with Crippen molar-refractivity contribution in [3.05, 3.63) is 55.2 Å². The van der Waals surface area contributed by atoms with Crippen LogP contribution in [0, 0.1) is 13.1 Å². The van der Waals surface area contributed by atoms with Crippen LogP contribution >= 0.6 is 7.05 Å². The summed E-state index contributed by atoms with van der Waals surface area (Å²) in [4.78, 5) is 4.63. The van der Waals surface area contributed by atoms with Crippen LogP contribution in [0.25, 0.3) is 10.9 Å². The van der Waals surface area contributed by atoms with Gasteiger partial charge in [-0.2, -0.15) is 18.6 Å². The third-order valence-electron chi connectivity index (χ3n) is 4.14. The first kappa shape index (κ1) is 25.5. The van der Waals surface area contributed by atoms with Gasteiger partial charge >= 0.3 is 23.1 Å². The fraction of sp³-hybridized carbons (Fsp3) is 0.500. The van der Waals surface area contributed by atoms with Crippen LogP contribution in [0.5, 0.6) is 0 Å². The predicted molar refractivity (Wildman–Crippen MR) is 121 cm³/mol. The first-order chi connectivity index (χ1) is 11.7. The van der Waals surface area contributed by atoms with Gasteiger partial charge in [-0.15, -0.1) is 12.2 Å². The van der Waals surface area contributed by atoms with Gasteiger partial charge in [0.15, 0.2) is 0 Å². The summed E-state index contributed by atoms with van der Waals surface area (Å²) in [7, 11) is -1.63. The van der Waals surface area contributed by atoms with E-state index in [9.17, 15) is 0 Å². The molecule has 2 aromatic rings. The normalized spacial score (nSPS) is 11.7. The predicted octanol–water partition coefficient (Wildman–Crippen LogP) is 7.02. The van der Waals surface area contributed by atoms with Crippen LogP contribution in [0.3, 0.4) is 0 Å². The van der Waals surface area contributed by atoms with Gasteiger partial charge in [0, 0.05) is 6.20 Å². The van der Waals surface area contributed by atoms with Gasteiger partial charge in [0.2, 0.25) is 0 Å². The van der Waals surface area contributed by atoms with Crippen molar-refractivity contribution in [2.24, 2.45) is 4.74 Å². The Balaban J connectivity index is 0.00000201. The second kappa shape index (κ2) is 10.7. The van der Waals surface area contributed by atoms with Crippen molar-refractivity contribution in [1.29, 1.82) is 0 Å². The van der Waals surface area contributed by atoms with Crippen molar-refractivity contribution in [1.82, 2.24) is 4.98 Å². The number of para-hydroxylation sites is 1. The van der Waals surface area contributed by atoms with E-state index in [1.807, 2.05) is 12.3 Å². The summed E-state index contributed by atoms with van der Waals surface area (Å²) in [5.74, 6) is 0. The molecule has 0 atom stereocenters. The van der Waals surface area contributed by atoms with Crippen LogP contribution < -0.4 is 0 Å². The molecule has 0 amide bonds. The van der Waals surface area contributed by atoms with Crippen molar-refractivity contribution in [2.45, 2.75) is 72.2 Å². The first-order valence-corrected chi connectivity index (χ1v) is 11.1. The summed E-state index contributed by atoms with van der Waals surface area (Å²) in [6.45, 7) is 20.9. The molecular formula is C22H35MgN2P. The molecule has 1 aromatic heterocycles. The van der Waals surface area contributed by atoms with E-state index in [0.717, 1.165) is 5.52 Å². The number of fused-ring (bicyclic) bond motifs is 1. The SMILES string of the molecule is CC(C)P([CH-]c1cccc2cccnc12)(=NC(C)(C)C)C(C)C.[CH2-]C.[Mg+2]. The monoisotopic (exact) mass is 382 g/mol. The first-order valence-electron chi connectivity index (χ1n) is 9.18. The summed E-state index contributed by atoms with van der Waals surface area (Å²) in [5.41, 5.74) is 3.34. The van der Waals surface area contributed by atoms with Gasteiger partial charge in [-0.1, -0.05) is 45.2 Å². The van der Waals surface area contributed by atoms with Crippen molar-refractivity contribution < 1.29 is 0 Å². The Morgan fingerprint density at radius 1 is 1.00 bits per heavy atom. The standard InChI is InChI=1S/C20H30N2P.C2H5.Mg/c1-15(2)23(16(3)4,22-20(5,6)7)14-18-11-8-10-17-12-9-13-21-19(17)18;1-2;/h8-16H,1-7H3;1H2,2H3;/q2*-1;+2. The summed E-state index contributed by atoms with van der Waals surface area (Å²) < 4.78 is 5.37. The maximum Gasteiger partial charge on any atom is 2.00 e.